The van der Waals surface area contributed by atoms with E-state index in [2.05, 4.69) is 16.8 Å². The number of benzene rings is 1. The molecule has 1 N–H and O–H groups in total. The van der Waals surface area contributed by atoms with Crippen LogP contribution in [0.15, 0.2) is 18.2 Å². The first kappa shape index (κ1) is 20.7. The number of nitrogens with zero attached hydrogens (tertiary/aromatic N) is 3. The maximum Gasteiger partial charge on any atom is 0.303 e. The van der Waals surface area contributed by atoms with E-state index in [1.54, 1.807) is 24.0 Å². The van der Waals surface area contributed by atoms with Crippen molar-refractivity contribution in [3.63, 3.8) is 0 Å². The standard InChI is InChI=1S/C21H30FN3O3/c1-15-3-4-16(13-18(15)22)21(28)25-8-7-19(17(14-25)5-6-20(26)27)24-11-9-23(2)10-12-24/h3-4,13,17,19H,5-12,14H2,1-2H3,(H,26,27)/t17-,19+/m1/s1. The minimum atomic E-state index is -0.804. The Hall–Kier alpha value is -1.99. The zero-order valence-electron chi connectivity index (χ0n) is 16.7. The predicted octanol–water partition coefficient (Wildman–Crippen LogP) is 2.08. The number of rotatable bonds is 5. The molecule has 0 radical (unpaired) electrons. The first-order valence-corrected chi connectivity index (χ1v) is 10.0. The lowest BCUT2D eigenvalue weighted by Crippen LogP contribution is -2.57. The SMILES string of the molecule is Cc1ccc(C(=O)N2CC[C@H](N3CCN(C)CC3)[C@H](CCC(=O)O)C2)cc1F. The third kappa shape index (κ3) is 4.89. The van der Waals surface area contributed by atoms with E-state index in [1.165, 1.54) is 6.07 Å². The van der Waals surface area contributed by atoms with Crippen LogP contribution in [0.5, 0.6) is 0 Å². The van der Waals surface area contributed by atoms with Gasteiger partial charge in [-0.15, -0.1) is 0 Å². The van der Waals surface area contributed by atoms with Crippen LogP contribution in [0.2, 0.25) is 0 Å². The molecule has 3 rings (SSSR count). The summed E-state index contributed by atoms with van der Waals surface area (Å²) < 4.78 is 13.9. The minimum absolute atomic E-state index is 0.107. The topological polar surface area (TPSA) is 64.1 Å². The molecule has 2 atom stereocenters. The summed E-state index contributed by atoms with van der Waals surface area (Å²) in [5.41, 5.74) is 0.878. The number of hydrogen-bond donors (Lipinski definition) is 1. The van der Waals surface area contributed by atoms with Gasteiger partial charge in [0.25, 0.3) is 5.91 Å². The number of carboxylic acid groups (broad SMARTS) is 1. The van der Waals surface area contributed by atoms with Crippen LogP contribution in [0.1, 0.15) is 35.2 Å². The van der Waals surface area contributed by atoms with Gasteiger partial charge in [-0.05, 0) is 50.4 Å². The van der Waals surface area contributed by atoms with Gasteiger partial charge in [0.2, 0.25) is 0 Å². The molecule has 0 saturated carbocycles. The van der Waals surface area contributed by atoms with Gasteiger partial charge in [0.15, 0.2) is 0 Å². The number of hydrogen-bond acceptors (Lipinski definition) is 4. The highest BCUT2D eigenvalue weighted by atomic mass is 19.1. The number of piperidine rings is 1. The highest BCUT2D eigenvalue weighted by molar-refractivity contribution is 5.94. The number of halogens is 1. The molecule has 6 nitrogen and oxygen atoms in total. The van der Waals surface area contributed by atoms with Crippen LogP contribution >= 0.6 is 0 Å². The van der Waals surface area contributed by atoms with Gasteiger partial charge in [-0.3, -0.25) is 14.5 Å². The second kappa shape index (κ2) is 9.01. The van der Waals surface area contributed by atoms with Gasteiger partial charge in [0.1, 0.15) is 5.82 Å². The quantitative estimate of drug-likeness (QED) is 0.833. The molecular formula is C21H30FN3O3. The molecule has 1 amide bonds. The number of carboxylic acids is 1. The lowest BCUT2D eigenvalue weighted by atomic mass is 9.86. The van der Waals surface area contributed by atoms with Crippen LogP contribution in [0, 0.1) is 18.7 Å². The maximum atomic E-state index is 13.9. The number of likely N-dealkylation sites (tertiary alicyclic amines) is 1. The van der Waals surface area contributed by atoms with Crippen molar-refractivity contribution in [2.24, 2.45) is 5.92 Å². The summed E-state index contributed by atoms with van der Waals surface area (Å²) in [6.45, 7) is 6.78. The molecule has 0 aromatic heterocycles. The highest BCUT2D eigenvalue weighted by Crippen LogP contribution is 2.28. The van der Waals surface area contributed by atoms with Crippen molar-refractivity contribution in [2.75, 3.05) is 46.3 Å². The molecule has 0 spiro atoms. The number of carbonyl (C=O) groups is 2. The molecule has 0 bridgehead atoms. The van der Waals surface area contributed by atoms with Gasteiger partial charge < -0.3 is 14.9 Å². The van der Waals surface area contributed by atoms with E-state index < -0.39 is 5.97 Å². The molecule has 2 saturated heterocycles. The minimum Gasteiger partial charge on any atom is -0.481 e. The fourth-order valence-corrected chi connectivity index (χ4v) is 4.34. The molecule has 154 valence electrons. The Kier molecular flexibility index (Phi) is 6.67. The Bertz CT molecular complexity index is 719. The largest absolute Gasteiger partial charge is 0.481 e. The third-order valence-corrected chi connectivity index (χ3v) is 6.14. The van der Waals surface area contributed by atoms with E-state index in [9.17, 15) is 14.0 Å². The molecular weight excluding hydrogens is 361 g/mol. The second-order valence-electron chi connectivity index (χ2n) is 8.10. The van der Waals surface area contributed by atoms with Crippen molar-refractivity contribution in [3.05, 3.63) is 35.1 Å². The number of likely N-dealkylation sites (N-methyl/N-ethyl adjacent to an activating group) is 1. The molecule has 1 aromatic rings. The number of aryl methyl sites for hydroxylation is 1. The predicted molar refractivity (Wildman–Crippen MR) is 105 cm³/mol. The third-order valence-electron chi connectivity index (χ3n) is 6.14. The molecule has 2 heterocycles. The monoisotopic (exact) mass is 391 g/mol. The summed E-state index contributed by atoms with van der Waals surface area (Å²) in [4.78, 5) is 30.6. The van der Waals surface area contributed by atoms with E-state index in [0.717, 1.165) is 32.6 Å². The van der Waals surface area contributed by atoms with Crippen LogP contribution < -0.4 is 0 Å². The fraction of sp³-hybridized carbons (Fsp3) is 0.619. The Labute approximate surface area is 165 Å². The average molecular weight is 391 g/mol. The Morgan fingerprint density at radius 3 is 2.54 bits per heavy atom. The maximum absolute atomic E-state index is 13.9. The van der Waals surface area contributed by atoms with Crippen LogP contribution in [0.4, 0.5) is 4.39 Å². The van der Waals surface area contributed by atoms with E-state index >= 15 is 0 Å². The number of carbonyl (C=O) groups excluding carboxylic acids is 1. The molecule has 0 unspecified atom stereocenters. The van der Waals surface area contributed by atoms with E-state index in [4.69, 9.17) is 5.11 Å². The van der Waals surface area contributed by atoms with Gasteiger partial charge >= 0.3 is 5.97 Å². The normalized spacial score (nSPS) is 24.3. The van der Waals surface area contributed by atoms with Gasteiger partial charge in [-0.1, -0.05) is 6.07 Å². The van der Waals surface area contributed by atoms with Crippen molar-refractivity contribution in [2.45, 2.75) is 32.2 Å². The summed E-state index contributed by atoms with van der Waals surface area (Å²) in [6, 6.07) is 4.89. The van der Waals surface area contributed by atoms with Gasteiger partial charge in [0, 0.05) is 57.3 Å². The summed E-state index contributed by atoms with van der Waals surface area (Å²) in [6.07, 6.45) is 1.49. The molecule has 7 heteroatoms. The van der Waals surface area contributed by atoms with Crippen molar-refractivity contribution >= 4 is 11.9 Å². The van der Waals surface area contributed by atoms with Crippen LogP contribution in [-0.4, -0.2) is 84.0 Å². The first-order chi connectivity index (χ1) is 13.3. The summed E-state index contributed by atoms with van der Waals surface area (Å²) in [5, 5.41) is 9.14. The first-order valence-electron chi connectivity index (χ1n) is 10.0. The number of piperazine rings is 1. The van der Waals surface area contributed by atoms with Crippen molar-refractivity contribution in [1.29, 1.82) is 0 Å². The lowest BCUT2D eigenvalue weighted by Gasteiger charge is -2.46. The average Bonchev–Trinajstić information content (AvgIpc) is 2.68. The van der Waals surface area contributed by atoms with E-state index in [-0.39, 0.29) is 24.1 Å². The van der Waals surface area contributed by atoms with Crippen LogP contribution in [0.3, 0.4) is 0 Å². The van der Waals surface area contributed by atoms with Gasteiger partial charge in [-0.2, -0.15) is 0 Å². The van der Waals surface area contributed by atoms with Crippen molar-refractivity contribution in [1.82, 2.24) is 14.7 Å². The van der Waals surface area contributed by atoms with Crippen LogP contribution in [-0.2, 0) is 4.79 Å². The highest BCUT2D eigenvalue weighted by Gasteiger charge is 2.36. The van der Waals surface area contributed by atoms with Crippen LogP contribution in [0.25, 0.3) is 0 Å². The van der Waals surface area contributed by atoms with Gasteiger partial charge in [-0.25, -0.2) is 4.39 Å². The smallest absolute Gasteiger partial charge is 0.303 e. The Morgan fingerprint density at radius 1 is 1.18 bits per heavy atom. The van der Waals surface area contributed by atoms with Crippen molar-refractivity contribution < 1.29 is 19.1 Å². The summed E-state index contributed by atoms with van der Waals surface area (Å²) in [5.74, 6) is -1.23. The van der Waals surface area contributed by atoms with E-state index in [1.807, 2.05) is 0 Å². The Balaban J connectivity index is 1.71. The molecule has 2 fully saturated rings. The summed E-state index contributed by atoms with van der Waals surface area (Å²) >= 11 is 0. The molecule has 0 aliphatic carbocycles. The van der Waals surface area contributed by atoms with Crippen molar-refractivity contribution in [3.8, 4) is 0 Å². The molecule has 1 aromatic carbocycles. The Morgan fingerprint density at radius 2 is 1.89 bits per heavy atom. The second-order valence-corrected chi connectivity index (χ2v) is 8.10. The molecule has 28 heavy (non-hydrogen) atoms. The summed E-state index contributed by atoms with van der Waals surface area (Å²) in [7, 11) is 2.11. The fourth-order valence-electron chi connectivity index (χ4n) is 4.34. The van der Waals surface area contributed by atoms with E-state index in [0.29, 0.717) is 36.7 Å². The molecule has 2 aliphatic heterocycles. The zero-order chi connectivity index (χ0) is 20.3. The zero-order valence-corrected chi connectivity index (χ0v) is 16.7. The molecule has 2 aliphatic rings. The lowest BCUT2D eigenvalue weighted by molar-refractivity contribution is -0.137. The van der Waals surface area contributed by atoms with Gasteiger partial charge in [0.05, 0.1) is 0 Å². The number of aliphatic carboxylic acids is 1. The number of amides is 1.